The second-order valence-electron chi connectivity index (χ2n) is 4.57. The van der Waals surface area contributed by atoms with Gasteiger partial charge in [0, 0.05) is 5.56 Å². The highest BCUT2D eigenvalue weighted by Gasteiger charge is 2.26. The Bertz CT molecular complexity index is 475. The molecule has 0 saturated carbocycles. The van der Waals surface area contributed by atoms with Crippen LogP contribution < -0.4 is 5.32 Å². The molecule has 1 fully saturated rings. The standard InChI is InChI=1S/C14H17F2NO3/c1-2-12(10-7-9(15)3-4-11(10)16)17-14(18)13-8-19-5-6-20-13/h3-4,7,12-13H,2,5-6,8H2,1H3,(H,17,18)/t12-,13-/m0/s1. The highest BCUT2D eigenvalue weighted by Crippen LogP contribution is 2.21. The zero-order valence-electron chi connectivity index (χ0n) is 11.2. The fourth-order valence-electron chi connectivity index (χ4n) is 2.09. The molecule has 2 atom stereocenters. The molecular weight excluding hydrogens is 268 g/mol. The predicted molar refractivity (Wildman–Crippen MR) is 68.1 cm³/mol. The number of carbonyl (C=O) groups is 1. The summed E-state index contributed by atoms with van der Waals surface area (Å²) in [7, 11) is 0. The molecule has 20 heavy (non-hydrogen) atoms. The van der Waals surface area contributed by atoms with Gasteiger partial charge in [0.25, 0.3) is 5.91 Å². The fourth-order valence-corrected chi connectivity index (χ4v) is 2.09. The molecule has 0 radical (unpaired) electrons. The Balaban J connectivity index is 2.08. The van der Waals surface area contributed by atoms with Gasteiger partial charge < -0.3 is 14.8 Å². The Labute approximate surface area is 116 Å². The van der Waals surface area contributed by atoms with Gasteiger partial charge in [-0.05, 0) is 24.6 Å². The molecule has 1 amide bonds. The molecule has 4 nitrogen and oxygen atoms in total. The first-order valence-corrected chi connectivity index (χ1v) is 6.56. The summed E-state index contributed by atoms with van der Waals surface area (Å²) in [5, 5.41) is 2.67. The summed E-state index contributed by atoms with van der Waals surface area (Å²) < 4.78 is 37.4. The molecule has 110 valence electrons. The van der Waals surface area contributed by atoms with Gasteiger partial charge in [0.1, 0.15) is 11.6 Å². The minimum absolute atomic E-state index is 0.137. The Morgan fingerprint density at radius 1 is 1.45 bits per heavy atom. The highest BCUT2D eigenvalue weighted by atomic mass is 19.1. The molecule has 1 N–H and O–H groups in total. The summed E-state index contributed by atoms with van der Waals surface area (Å²) in [6, 6.07) is 2.61. The van der Waals surface area contributed by atoms with Gasteiger partial charge in [0.2, 0.25) is 0 Å². The van der Waals surface area contributed by atoms with Crippen molar-refractivity contribution in [2.45, 2.75) is 25.5 Å². The summed E-state index contributed by atoms with van der Waals surface area (Å²) >= 11 is 0. The smallest absolute Gasteiger partial charge is 0.252 e. The Hall–Kier alpha value is -1.53. The van der Waals surface area contributed by atoms with E-state index in [4.69, 9.17) is 9.47 Å². The molecule has 1 aromatic rings. The van der Waals surface area contributed by atoms with Crippen LogP contribution in [0.3, 0.4) is 0 Å². The molecule has 6 heteroatoms. The number of hydrogen-bond acceptors (Lipinski definition) is 3. The lowest BCUT2D eigenvalue weighted by molar-refractivity contribution is -0.148. The Morgan fingerprint density at radius 2 is 2.25 bits per heavy atom. The third-order valence-electron chi connectivity index (χ3n) is 3.17. The SMILES string of the molecule is CC[C@H](NC(=O)[C@@H]1COCCO1)c1cc(F)ccc1F. The van der Waals surface area contributed by atoms with Crippen LogP contribution in [-0.2, 0) is 14.3 Å². The lowest BCUT2D eigenvalue weighted by atomic mass is 10.0. The van der Waals surface area contributed by atoms with E-state index in [1.54, 1.807) is 6.92 Å². The molecule has 1 aromatic carbocycles. The van der Waals surface area contributed by atoms with Crippen molar-refractivity contribution in [3.63, 3.8) is 0 Å². The Morgan fingerprint density at radius 3 is 2.90 bits per heavy atom. The van der Waals surface area contributed by atoms with Gasteiger partial charge in [-0.15, -0.1) is 0 Å². The van der Waals surface area contributed by atoms with Crippen molar-refractivity contribution in [1.82, 2.24) is 5.32 Å². The predicted octanol–water partition coefficient (Wildman–Crippen LogP) is 1.95. The molecule has 2 rings (SSSR count). The lowest BCUT2D eigenvalue weighted by Gasteiger charge is -2.25. The second-order valence-corrected chi connectivity index (χ2v) is 4.57. The molecule has 0 unspecified atom stereocenters. The van der Waals surface area contributed by atoms with Gasteiger partial charge in [-0.2, -0.15) is 0 Å². The molecule has 1 heterocycles. The number of carbonyl (C=O) groups excluding carboxylic acids is 1. The summed E-state index contributed by atoms with van der Waals surface area (Å²) in [5.74, 6) is -1.45. The summed E-state index contributed by atoms with van der Waals surface area (Å²) in [5.41, 5.74) is 0.137. The maximum atomic E-state index is 13.7. The van der Waals surface area contributed by atoms with Crippen molar-refractivity contribution in [3.05, 3.63) is 35.4 Å². The molecule has 1 aliphatic heterocycles. The van der Waals surface area contributed by atoms with Gasteiger partial charge in [-0.3, -0.25) is 4.79 Å². The topological polar surface area (TPSA) is 47.6 Å². The minimum atomic E-state index is -0.700. The van der Waals surface area contributed by atoms with Crippen LogP contribution in [-0.4, -0.2) is 31.8 Å². The highest BCUT2D eigenvalue weighted by molar-refractivity contribution is 5.81. The lowest BCUT2D eigenvalue weighted by Crippen LogP contribution is -2.44. The average molecular weight is 285 g/mol. The van der Waals surface area contributed by atoms with Crippen LogP contribution in [0.25, 0.3) is 0 Å². The van der Waals surface area contributed by atoms with E-state index in [1.807, 2.05) is 0 Å². The van der Waals surface area contributed by atoms with Crippen LogP contribution in [0.2, 0.25) is 0 Å². The van der Waals surface area contributed by atoms with Crippen LogP contribution in [0.4, 0.5) is 8.78 Å². The largest absolute Gasteiger partial charge is 0.376 e. The van der Waals surface area contributed by atoms with E-state index < -0.39 is 23.8 Å². The molecule has 1 saturated heterocycles. The van der Waals surface area contributed by atoms with Crippen molar-refractivity contribution in [2.24, 2.45) is 0 Å². The molecule has 0 aliphatic carbocycles. The molecule has 1 aliphatic rings. The number of ether oxygens (including phenoxy) is 2. The number of amides is 1. The third kappa shape index (κ3) is 3.52. The number of benzene rings is 1. The first-order valence-electron chi connectivity index (χ1n) is 6.56. The van der Waals surface area contributed by atoms with Gasteiger partial charge in [-0.25, -0.2) is 8.78 Å². The fraction of sp³-hybridized carbons (Fsp3) is 0.500. The van der Waals surface area contributed by atoms with E-state index in [0.29, 0.717) is 19.6 Å². The van der Waals surface area contributed by atoms with E-state index in [0.717, 1.165) is 18.2 Å². The van der Waals surface area contributed by atoms with Crippen molar-refractivity contribution in [1.29, 1.82) is 0 Å². The van der Waals surface area contributed by atoms with Gasteiger partial charge in [-0.1, -0.05) is 6.92 Å². The van der Waals surface area contributed by atoms with E-state index in [1.165, 1.54) is 0 Å². The maximum absolute atomic E-state index is 13.7. The van der Waals surface area contributed by atoms with E-state index in [-0.39, 0.29) is 18.1 Å². The van der Waals surface area contributed by atoms with Crippen LogP contribution in [0.5, 0.6) is 0 Å². The zero-order valence-corrected chi connectivity index (χ0v) is 11.2. The first-order chi connectivity index (χ1) is 9.61. The number of hydrogen-bond donors (Lipinski definition) is 1. The molecule has 0 bridgehead atoms. The van der Waals surface area contributed by atoms with Crippen LogP contribution >= 0.6 is 0 Å². The van der Waals surface area contributed by atoms with Gasteiger partial charge in [0.15, 0.2) is 6.10 Å². The van der Waals surface area contributed by atoms with Gasteiger partial charge >= 0.3 is 0 Å². The van der Waals surface area contributed by atoms with E-state index in [9.17, 15) is 13.6 Å². The first kappa shape index (κ1) is 14.9. The number of halogens is 2. The van der Waals surface area contributed by atoms with Crippen molar-refractivity contribution >= 4 is 5.91 Å². The van der Waals surface area contributed by atoms with Crippen LogP contribution in [0.15, 0.2) is 18.2 Å². The van der Waals surface area contributed by atoms with Crippen LogP contribution in [0, 0.1) is 11.6 Å². The minimum Gasteiger partial charge on any atom is -0.376 e. The summed E-state index contributed by atoms with van der Waals surface area (Å²) in [4.78, 5) is 12.0. The second kappa shape index (κ2) is 6.76. The van der Waals surface area contributed by atoms with Crippen LogP contribution in [0.1, 0.15) is 24.9 Å². The zero-order chi connectivity index (χ0) is 14.5. The summed E-state index contributed by atoms with van der Waals surface area (Å²) in [6.07, 6.45) is -0.255. The molecule has 0 aromatic heterocycles. The van der Waals surface area contributed by atoms with Crippen molar-refractivity contribution in [2.75, 3.05) is 19.8 Å². The third-order valence-corrected chi connectivity index (χ3v) is 3.17. The maximum Gasteiger partial charge on any atom is 0.252 e. The van der Waals surface area contributed by atoms with E-state index in [2.05, 4.69) is 5.32 Å². The van der Waals surface area contributed by atoms with Crippen molar-refractivity contribution < 1.29 is 23.0 Å². The van der Waals surface area contributed by atoms with E-state index >= 15 is 0 Å². The summed E-state index contributed by atoms with van der Waals surface area (Å²) in [6.45, 7) is 2.77. The molecule has 0 spiro atoms. The molecular formula is C14H17F2NO3. The average Bonchev–Trinajstić information content (AvgIpc) is 2.48. The quantitative estimate of drug-likeness (QED) is 0.919. The van der Waals surface area contributed by atoms with Gasteiger partial charge in [0.05, 0.1) is 25.9 Å². The normalized spacial score (nSPS) is 20.4. The Kier molecular flexibility index (Phi) is 5.03. The number of rotatable bonds is 4. The number of nitrogens with one attached hydrogen (secondary N) is 1. The van der Waals surface area contributed by atoms with Crippen molar-refractivity contribution in [3.8, 4) is 0 Å². The monoisotopic (exact) mass is 285 g/mol.